The van der Waals surface area contributed by atoms with Crippen molar-refractivity contribution in [3.05, 3.63) is 53.1 Å². The van der Waals surface area contributed by atoms with Crippen LogP contribution in [0.2, 0.25) is 0 Å². The van der Waals surface area contributed by atoms with E-state index >= 15 is 0 Å². The molecule has 0 aliphatic heterocycles. The number of anilines is 1. The van der Waals surface area contributed by atoms with Gasteiger partial charge in [0.15, 0.2) is 6.10 Å². The Morgan fingerprint density at radius 2 is 2.00 bits per heavy atom. The van der Waals surface area contributed by atoms with Crippen LogP contribution in [0, 0.1) is 0 Å². The van der Waals surface area contributed by atoms with E-state index < -0.39 is 12.1 Å². The van der Waals surface area contributed by atoms with Crippen LogP contribution < -0.4 is 5.32 Å². The SMILES string of the molecule is CCn1nnc2cc(C(=O)O[C@@H](C)C(=O)Nc3ccc4c(c3)CCC4)ccc21. The Morgan fingerprint density at radius 1 is 1.18 bits per heavy atom. The topological polar surface area (TPSA) is 86.1 Å². The third-order valence-electron chi connectivity index (χ3n) is 5.07. The van der Waals surface area contributed by atoms with Gasteiger partial charge in [-0.2, -0.15) is 0 Å². The molecule has 0 fully saturated rings. The second-order valence-electron chi connectivity index (χ2n) is 6.98. The van der Waals surface area contributed by atoms with Crippen LogP contribution in [-0.2, 0) is 28.9 Å². The smallest absolute Gasteiger partial charge is 0.338 e. The molecule has 2 aromatic carbocycles. The van der Waals surface area contributed by atoms with Gasteiger partial charge in [0, 0.05) is 12.2 Å². The van der Waals surface area contributed by atoms with Gasteiger partial charge >= 0.3 is 5.97 Å². The average Bonchev–Trinajstić information content (AvgIpc) is 3.33. The van der Waals surface area contributed by atoms with E-state index in [4.69, 9.17) is 4.74 Å². The molecule has 1 aliphatic rings. The summed E-state index contributed by atoms with van der Waals surface area (Å²) in [5, 5.41) is 10.9. The number of amides is 1. The summed E-state index contributed by atoms with van der Waals surface area (Å²) in [6.07, 6.45) is 2.36. The minimum absolute atomic E-state index is 0.341. The predicted molar refractivity (Wildman–Crippen MR) is 105 cm³/mol. The van der Waals surface area contributed by atoms with Crippen LogP contribution in [0.25, 0.3) is 11.0 Å². The molecular weight excluding hydrogens is 356 g/mol. The van der Waals surface area contributed by atoms with Crippen LogP contribution in [-0.4, -0.2) is 33.0 Å². The highest BCUT2D eigenvalue weighted by Gasteiger charge is 2.20. The van der Waals surface area contributed by atoms with Gasteiger partial charge in [-0.3, -0.25) is 4.79 Å². The first kappa shape index (κ1) is 18.2. The number of nitrogens with zero attached hydrogens (tertiary/aromatic N) is 3. The highest BCUT2D eigenvalue weighted by atomic mass is 16.5. The maximum atomic E-state index is 12.4. The maximum absolute atomic E-state index is 12.4. The molecular formula is C21H22N4O3. The second-order valence-corrected chi connectivity index (χ2v) is 6.98. The molecule has 1 N–H and O–H groups in total. The van der Waals surface area contributed by atoms with Gasteiger partial charge in [-0.15, -0.1) is 5.10 Å². The Labute approximate surface area is 162 Å². The molecule has 0 bridgehead atoms. The lowest BCUT2D eigenvalue weighted by molar-refractivity contribution is -0.123. The van der Waals surface area contributed by atoms with Crippen molar-refractivity contribution < 1.29 is 14.3 Å². The fraction of sp³-hybridized carbons (Fsp3) is 0.333. The van der Waals surface area contributed by atoms with Gasteiger partial charge in [-0.05, 0) is 74.6 Å². The molecule has 0 saturated heterocycles. The predicted octanol–water partition coefficient (Wildman–Crippen LogP) is 3.12. The second kappa shape index (κ2) is 7.42. The van der Waals surface area contributed by atoms with Crippen LogP contribution in [0.4, 0.5) is 5.69 Å². The Hall–Kier alpha value is -3.22. The van der Waals surface area contributed by atoms with Gasteiger partial charge in [0.05, 0.1) is 11.1 Å². The Kier molecular flexibility index (Phi) is 4.81. The fourth-order valence-electron chi connectivity index (χ4n) is 3.51. The zero-order valence-electron chi connectivity index (χ0n) is 15.9. The third-order valence-corrected chi connectivity index (χ3v) is 5.07. The van der Waals surface area contributed by atoms with Crippen LogP contribution in [0.1, 0.15) is 41.8 Å². The summed E-state index contributed by atoms with van der Waals surface area (Å²) in [4.78, 5) is 24.8. The van der Waals surface area contributed by atoms with E-state index in [1.165, 1.54) is 11.1 Å². The van der Waals surface area contributed by atoms with Crippen LogP contribution in [0.5, 0.6) is 0 Å². The van der Waals surface area contributed by atoms with Gasteiger partial charge in [-0.1, -0.05) is 11.3 Å². The molecule has 144 valence electrons. The van der Waals surface area contributed by atoms with Crippen molar-refractivity contribution in [2.75, 3.05) is 5.32 Å². The quantitative estimate of drug-likeness (QED) is 0.690. The number of benzene rings is 2. The molecule has 3 aromatic rings. The van der Waals surface area contributed by atoms with Crippen molar-refractivity contribution in [3.8, 4) is 0 Å². The number of fused-ring (bicyclic) bond motifs is 2. The van der Waals surface area contributed by atoms with Gasteiger partial charge < -0.3 is 10.1 Å². The molecule has 0 radical (unpaired) electrons. The number of esters is 1. The van der Waals surface area contributed by atoms with Crippen molar-refractivity contribution in [1.29, 1.82) is 0 Å². The molecule has 1 aliphatic carbocycles. The number of ether oxygens (including phenoxy) is 1. The molecule has 4 rings (SSSR count). The largest absolute Gasteiger partial charge is 0.449 e. The van der Waals surface area contributed by atoms with E-state index in [-0.39, 0.29) is 5.91 Å². The first-order valence-corrected chi connectivity index (χ1v) is 9.52. The lowest BCUT2D eigenvalue weighted by atomic mass is 10.1. The molecule has 28 heavy (non-hydrogen) atoms. The van der Waals surface area contributed by atoms with Crippen LogP contribution in [0.3, 0.4) is 0 Å². The third kappa shape index (κ3) is 3.47. The van der Waals surface area contributed by atoms with E-state index in [1.807, 2.05) is 25.1 Å². The zero-order chi connectivity index (χ0) is 19.7. The molecule has 1 heterocycles. The summed E-state index contributed by atoms with van der Waals surface area (Å²) < 4.78 is 7.09. The van der Waals surface area contributed by atoms with Gasteiger partial charge in [0.1, 0.15) is 5.52 Å². The maximum Gasteiger partial charge on any atom is 0.338 e. The molecule has 1 amide bonds. The zero-order valence-corrected chi connectivity index (χ0v) is 15.9. The van der Waals surface area contributed by atoms with Crippen molar-refractivity contribution in [2.45, 2.75) is 45.8 Å². The van der Waals surface area contributed by atoms with Gasteiger partial charge in [0.2, 0.25) is 0 Å². The normalized spacial score (nSPS) is 13.9. The number of hydrogen-bond donors (Lipinski definition) is 1. The van der Waals surface area contributed by atoms with Crippen LogP contribution in [0.15, 0.2) is 36.4 Å². The lowest BCUT2D eigenvalue weighted by Crippen LogP contribution is -2.30. The van der Waals surface area contributed by atoms with E-state index in [1.54, 1.807) is 29.8 Å². The van der Waals surface area contributed by atoms with Gasteiger partial charge in [0.25, 0.3) is 5.91 Å². The van der Waals surface area contributed by atoms with Crippen molar-refractivity contribution in [1.82, 2.24) is 15.0 Å². The Bertz CT molecular complexity index is 1060. The highest BCUT2D eigenvalue weighted by molar-refractivity contribution is 5.98. The minimum Gasteiger partial charge on any atom is -0.449 e. The molecule has 7 heteroatoms. The van der Waals surface area contributed by atoms with Crippen molar-refractivity contribution >= 4 is 28.6 Å². The molecule has 7 nitrogen and oxygen atoms in total. The Balaban J connectivity index is 1.41. The number of aromatic nitrogens is 3. The van der Waals surface area contributed by atoms with E-state index in [2.05, 4.69) is 15.6 Å². The number of aryl methyl sites for hydroxylation is 3. The summed E-state index contributed by atoms with van der Waals surface area (Å²) in [7, 11) is 0. The molecule has 1 atom stereocenters. The first-order valence-electron chi connectivity index (χ1n) is 9.52. The summed E-state index contributed by atoms with van der Waals surface area (Å²) in [5.74, 6) is -0.922. The highest BCUT2D eigenvalue weighted by Crippen LogP contribution is 2.25. The van der Waals surface area contributed by atoms with Gasteiger partial charge in [-0.25, -0.2) is 9.48 Å². The minimum atomic E-state index is -0.914. The van der Waals surface area contributed by atoms with E-state index in [0.717, 1.165) is 30.5 Å². The first-order chi connectivity index (χ1) is 13.5. The molecule has 1 aromatic heterocycles. The molecule has 0 unspecified atom stereocenters. The monoisotopic (exact) mass is 378 g/mol. The van der Waals surface area contributed by atoms with Crippen molar-refractivity contribution in [3.63, 3.8) is 0 Å². The summed E-state index contributed by atoms with van der Waals surface area (Å²) in [5.41, 5.74) is 5.15. The summed E-state index contributed by atoms with van der Waals surface area (Å²) >= 11 is 0. The van der Waals surface area contributed by atoms with E-state index in [9.17, 15) is 9.59 Å². The lowest BCUT2D eigenvalue weighted by Gasteiger charge is -2.14. The number of rotatable bonds is 5. The average molecular weight is 378 g/mol. The summed E-state index contributed by atoms with van der Waals surface area (Å²) in [6, 6.07) is 11.0. The molecule has 0 saturated carbocycles. The number of hydrogen-bond acceptors (Lipinski definition) is 5. The van der Waals surface area contributed by atoms with Crippen molar-refractivity contribution in [2.24, 2.45) is 0 Å². The Morgan fingerprint density at radius 3 is 2.82 bits per heavy atom. The fourth-order valence-corrected chi connectivity index (χ4v) is 3.51. The number of nitrogens with one attached hydrogen (secondary N) is 1. The number of carbonyl (C=O) groups excluding carboxylic acids is 2. The standard InChI is InChI=1S/C21H22N4O3/c1-3-25-19-10-8-16(12-18(19)23-24-25)21(27)28-13(2)20(26)22-17-9-7-14-5-4-6-15(14)11-17/h7-13H,3-6H2,1-2H3,(H,22,26)/t13-/m0/s1. The van der Waals surface area contributed by atoms with Crippen LogP contribution >= 0.6 is 0 Å². The van der Waals surface area contributed by atoms with E-state index in [0.29, 0.717) is 17.6 Å². The summed E-state index contributed by atoms with van der Waals surface area (Å²) in [6.45, 7) is 4.23. The molecule has 0 spiro atoms. The number of carbonyl (C=O) groups is 2.